The van der Waals surface area contributed by atoms with Crippen molar-refractivity contribution in [3.05, 3.63) is 0 Å². The average molecular weight is 340 g/mol. The molecule has 1 aliphatic rings. The Balaban J connectivity index is 0.00000225. The van der Waals surface area contributed by atoms with Gasteiger partial charge in [0.25, 0.3) is 0 Å². The van der Waals surface area contributed by atoms with Crippen LogP contribution in [0.1, 0.15) is 25.7 Å². The van der Waals surface area contributed by atoms with E-state index in [0.717, 1.165) is 25.1 Å². The van der Waals surface area contributed by atoms with Crippen LogP contribution in [0.4, 0.5) is 0 Å². The first-order chi connectivity index (χ1) is 7.27. The zero-order chi connectivity index (χ0) is 11.1. The van der Waals surface area contributed by atoms with Gasteiger partial charge >= 0.3 is 0 Å². The van der Waals surface area contributed by atoms with Crippen molar-refractivity contribution in [3.63, 3.8) is 0 Å². The lowest BCUT2D eigenvalue weighted by molar-refractivity contribution is 0.249. The van der Waals surface area contributed by atoms with Gasteiger partial charge in [-0.25, -0.2) is 0 Å². The SMILES string of the molecule is CN=C(NC)NCCN(C)C1CCCC1.I. The fourth-order valence-electron chi connectivity index (χ4n) is 2.16. The van der Waals surface area contributed by atoms with Gasteiger partial charge in [0.1, 0.15) is 0 Å². The molecule has 0 radical (unpaired) electrons. The van der Waals surface area contributed by atoms with Crippen molar-refractivity contribution in [2.45, 2.75) is 31.7 Å². The van der Waals surface area contributed by atoms with Gasteiger partial charge in [-0.1, -0.05) is 12.8 Å². The molecule has 0 atom stereocenters. The Morgan fingerprint density at radius 3 is 2.50 bits per heavy atom. The number of rotatable bonds is 4. The minimum atomic E-state index is 0. The Kier molecular flexibility index (Phi) is 9.02. The van der Waals surface area contributed by atoms with Crippen LogP contribution in [-0.4, -0.2) is 51.1 Å². The van der Waals surface area contributed by atoms with E-state index in [4.69, 9.17) is 0 Å². The fourth-order valence-corrected chi connectivity index (χ4v) is 2.16. The molecule has 0 spiro atoms. The third kappa shape index (κ3) is 5.34. The minimum absolute atomic E-state index is 0. The molecule has 0 aromatic rings. The number of hydrogen-bond donors (Lipinski definition) is 2. The zero-order valence-electron chi connectivity index (χ0n) is 10.6. The summed E-state index contributed by atoms with van der Waals surface area (Å²) in [5.41, 5.74) is 0. The molecular formula is C11H25IN4. The van der Waals surface area contributed by atoms with Crippen molar-refractivity contribution >= 4 is 29.9 Å². The molecule has 0 heterocycles. The molecule has 0 amide bonds. The van der Waals surface area contributed by atoms with Gasteiger partial charge in [-0.05, 0) is 19.9 Å². The maximum absolute atomic E-state index is 4.08. The highest BCUT2D eigenvalue weighted by molar-refractivity contribution is 14.0. The van der Waals surface area contributed by atoms with Gasteiger partial charge in [-0.3, -0.25) is 4.99 Å². The Bertz CT molecular complexity index is 202. The number of likely N-dealkylation sites (N-methyl/N-ethyl adjacent to an activating group) is 1. The number of aliphatic imine (C=N–C) groups is 1. The largest absolute Gasteiger partial charge is 0.359 e. The predicted molar refractivity (Wildman–Crippen MR) is 80.7 cm³/mol. The van der Waals surface area contributed by atoms with Gasteiger partial charge in [0.05, 0.1) is 0 Å². The second kappa shape index (κ2) is 9.04. The Morgan fingerprint density at radius 1 is 1.38 bits per heavy atom. The molecule has 4 nitrogen and oxygen atoms in total. The van der Waals surface area contributed by atoms with Crippen molar-refractivity contribution in [2.24, 2.45) is 4.99 Å². The summed E-state index contributed by atoms with van der Waals surface area (Å²) >= 11 is 0. The molecule has 0 aromatic heterocycles. The summed E-state index contributed by atoms with van der Waals surface area (Å²) in [5, 5.41) is 6.29. The second-order valence-electron chi connectivity index (χ2n) is 4.17. The fraction of sp³-hybridized carbons (Fsp3) is 0.909. The van der Waals surface area contributed by atoms with Crippen molar-refractivity contribution < 1.29 is 0 Å². The molecular weight excluding hydrogens is 315 g/mol. The van der Waals surface area contributed by atoms with Crippen LogP contribution in [-0.2, 0) is 0 Å². The molecule has 0 saturated heterocycles. The molecule has 5 heteroatoms. The molecule has 2 N–H and O–H groups in total. The van der Waals surface area contributed by atoms with E-state index in [1.165, 1.54) is 25.7 Å². The van der Waals surface area contributed by atoms with E-state index in [9.17, 15) is 0 Å². The van der Waals surface area contributed by atoms with Gasteiger partial charge in [-0.15, -0.1) is 24.0 Å². The highest BCUT2D eigenvalue weighted by Crippen LogP contribution is 2.21. The smallest absolute Gasteiger partial charge is 0.190 e. The number of nitrogens with one attached hydrogen (secondary N) is 2. The van der Waals surface area contributed by atoms with Crippen molar-refractivity contribution in [1.82, 2.24) is 15.5 Å². The van der Waals surface area contributed by atoms with Gasteiger partial charge < -0.3 is 15.5 Å². The average Bonchev–Trinajstić information content (AvgIpc) is 2.77. The lowest BCUT2D eigenvalue weighted by Gasteiger charge is -2.24. The van der Waals surface area contributed by atoms with Crippen LogP contribution in [0.25, 0.3) is 0 Å². The maximum Gasteiger partial charge on any atom is 0.190 e. The lowest BCUT2D eigenvalue weighted by Crippen LogP contribution is -2.41. The monoisotopic (exact) mass is 340 g/mol. The lowest BCUT2D eigenvalue weighted by atomic mass is 10.2. The summed E-state index contributed by atoms with van der Waals surface area (Å²) in [6.45, 7) is 2.05. The number of guanidine groups is 1. The first-order valence-electron chi connectivity index (χ1n) is 5.86. The van der Waals surface area contributed by atoms with Crippen LogP contribution >= 0.6 is 24.0 Å². The molecule has 0 unspecified atom stereocenters. The topological polar surface area (TPSA) is 39.7 Å². The van der Waals surface area contributed by atoms with Gasteiger partial charge in [-0.2, -0.15) is 0 Å². The predicted octanol–water partition coefficient (Wildman–Crippen LogP) is 1.27. The van der Waals surface area contributed by atoms with E-state index in [-0.39, 0.29) is 24.0 Å². The Labute approximate surface area is 116 Å². The van der Waals surface area contributed by atoms with Gasteiger partial charge in [0, 0.05) is 33.2 Å². The van der Waals surface area contributed by atoms with E-state index in [0.29, 0.717) is 0 Å². The van der Waals surface area contributed by atoms with Crippen LogP contribution in [0.5, 0.6) is 0 Å². The summed E-state index contributed by atoms with van der Waals surface area (Å²) in [5.74, 6) is 0.870. The molecule has 0 aliphatic heterocycles. The third-order valence-corrected chi connectivity index (χ3v) is 3.17. The first-order valence-corrected chi connectivity index (χ1v) is 5.86. The van der Waals surface area contributed by atoms with E-state index >= 15 is 0 Å². The summed E-state index contributed by atoms with van der Waals surface area (Å²) in [6.07, 6.45) is 5.55. The van der Waals surface area contributed by atoms with Crippen LogP contribution in [0, 0.1) is 0 Å². The van der Waals surface area contributed by atoms with Crippen LogP contribution in [0.15, 0.2) is 4.99 Å². The highest BCUT2D eigenvalue weighted by atomic mass is 127. The summed E-state index contributed by atoms with van der Waals surface area (Å²) in [6, 6.07) is 0.809. The van der Waals surface area contributed by atoms with Crippen molar-refractivity contribution in [3.8, 4) is 0 Å². The molecule has 16 heavy (non-hydrogen) atoms. The Hall–Kier alpha value is -0.0400. The quantitative estimate of drug-likeness (QED) is 0.460. The summed E-state index contributed by atoms with van der Waals surface area (Å²) in [4.78, 5) is 6.54. The summed E-state index contributed by atoms with van der Waals surface area (Å²) in [7, 11) is 5.90. The molecule has 0 bridgehead atoms. The first kappa shape index (κ1) is 16.0. The Morgan fingerprint density at radius 2 is 2.00 bits per heavy atom. The van der Waals surface area contributed by atoms with Crippen LogP contribution in [0.3, 0.4) is 0 Å². The number of hydrogen-bond acceptors (Lipinski definition) is 2. The van der Waals surface area contributed by atoms with Gasteiger partial charge in [0.2, 0.25) is 0 Å². The van der Waals surface area contributed by atoms with E-state index in [1.807, 2.05) is 7.05 Å². The molecule has 1 saturated carbocycles. The highest BCUT2D eigenvalue weighted by Gasteiger charge is 2.18. The zero-order valence-corrected chi connectivity index (χ0v) is 13.0. The molecule has 0 aromatic carbocycles. The third-order valence-electron chi connectivity index (χ3n) is 3.17. The van der Waals surface area contributed by atoms with E-state index < -0.39 is 0 Å². The number of halogens is 1. The minimum Gasteiger partial charge on any atom is -0.359 e. The molecule has 96 valence electrons. The van der Waals surface area contributed by atoms with Crippen LogP contribution < -0.4 is 10.6 Å². The summed E-state index contributed by atoms with van der Waals surface area (Å²) < 4.78 is 0. The van der Waals surface area contributed by atoms with Crippen LogP contribution in [0.2, 0.25) is 0 Å². The molecule has 1 fully saturated rings. The molecule has 1 aliphatic carbocycles. The molecule has 1 rings (SSSR count). The van der Waals surface area contributed by atoms with Crippen molar-refractivity contribution in [1.29, 1.82) is 0 Å². The second-order valence-corrected chi connectivity index (χ2v) is 4.17. The van der Waals surface area contributed by atoms with Gasteiger partial charge in [0.15, 0.2) is 5.96 Å². The maximum atomic E-state index is 4.08. The van der Waals surface area contributed by atoms with Crippen molar-refractivity contribution in [2.75, 3.05) is 34.2 Å². The van der Waals surface area contributed by atoms with E-state index in [2.05, 4.69) is 27.6 Å². The normalized spacial score (nSPS) is 17.4. The standard InChI is InChI=1S/C11H24N4.HI/c1-12-11(13-2)14-8-9-15(3)10-6-4-5-7-10;/h10H,4-9H2,1-3H3,(H2,12,13,14);1H. The van der Waals surface area contributed by atoms with E-state index in [1.54, 1.807) is 7.05 Å². The number of nitrogens with zero attached hydrogens (tertiary/aromatic N) is 2.